The summed E-state index contributed by atoms with van der Waals surface area (Å²) in [7, 11) is 1.87. The highest BCUT2D eigenvalue weighted by atomic mass is 19.3. The SMILES string of the molecule is CCC(F)(F)c1conc1C1CCN(CCC2CCC(NC(=O)c3cccc4nn(C)cc34)CC2)CC1. The lowest BCUT2D eigenvalue weighted by Gasteiger charge is -2.34. The summed E-state index contributed by atoms with van der Waals surface area (Å²) in [6.45, 7) is 4.33. The molecule has 1 amide bonds. The second kappa shape index (κ2) is 10.9. The number of fused-ring (bicyclic) bond motifs is 1. The van der Waals surface area contributed by atoms with Crippen LogP contribution >= 0.6 is 0 Å². The second-order valence-corrected chi connectivity index (χ2v) is 10.8. The number of alkyl halides is 2. The van der Waals surface area contributed by atoms with Gasteiger partial charge in [0, 0.05) is 37.0 Å². The Kier molecular flexibility index (Phi) is 7.60. The molecule has 1 saturated heterocycles. The third-order valence-corrected chi connectivity index (χ3v) is 8.35. The van der Waals surface area contributed by atoms with Gasteiger partial charge in [-0.2, -0.15) is 5.10 Å². The zero-order valence-electron chi connectivity index (χ0n) is 21.8. The van der Waals surface area contributed by atoms with E-state index in [-0.39, 0.29) is 29.9 Å². The van der Waals surface area contributed by atoms with Crippen LogP contribution in [-0.2, 0) is 13.0 Å². The van der Waals surface area contributed by atoms with Gasteiger partial charge in [-0.15, -0.1) is 0 Å². The van der Waals surface area contributed by atoms with Crippen LogP contribution < -0.4 is 5.32 Å². The number of nitrogens with one attached hydrogen (secondary N) is 1. The van der Waals surface area contributed by atoms with E-state index in [9.17, 15) is 13.6 Å². The highest BCUT2D eigenvalue weighted by molar-refractivity contribution is 6.06. The molecule has 2 aromatic heterocycles. The molecule has 1 aliphatic heterocycles. The summed E-state index contributed by atoms with van der Waals surface area (Å²) in [5, 5.41) is 12.5. The first-order valence-electron chi connectivity index (χ1n) is 13.6. The van der Waals surface area contributed by atoms with E-state index in [4.69, 9.17) is 4.52 Å². The molecule has 37 heavy (non-hydrogen) atoms. The number of amides is 1. The molecule has 1 saturated carbocycles. The normalized spacial score (nSPS) is 21.9. The first kappa shape index (κ1) is 25.8. The van der Waals surface area contributed by atoms with Crippen molar-refractivity contribution in [1.82, 2.24) is 25.2 Å². The first-order valence-corrected chi connectivity index (χ1v) is 13.6. The molecule has 0 radical (unpaired) electrons. The van der Waals surface area contributed by atoms with E-state index < -0.39 is 5.92 Å². The fourth-order valence-electron chi connectivity index (χ4n) is 6.02. The number of rotatable bonds is 8. The first-order chi connectivity index (χ1) is 17.8. The Balaban J connectivity index is 1.05. The number of hydrogen-bond donors (Lipinski definition) is 1. The van der Waals surface area contributed by atoms with Gasteiger partial charge in [-0.3, -0.25) is 9.48 Å². The van der Waals surface area contributed by atoms with Gasteiger partial charge in [0.05, 0.1) is 22.3 Å². The van der Waals surface area contributed by atoms with Crippen molar-refractivity contribution >= 4 is 16.8 Å². The van der Waals surface area contributed by atoms with Crippen molar-refractivity contribution in [3.63, 3.8) is 0 Å². The minimum Gasteiger partial charge on any atom is -0.364 e. The van der Waals surface area contributed by atoms with Gasteiger partial charge in [0.25, 0.3) is 11.8 Å². The molecule has 1 N–H and O–H groups in total. The Bertz CT molecular complexity index is 1210. The summed E-state index contributed by atoms with van der Waals surface area (Å²) in [5.74, 6) is -2.19. The number of aryl methyl sites for hydroxylation is 1. The smallest absolute Gasteiger partial charge is 0.277 e. The number of likely N-dealkylation sites (tertiary alicyclic amines) is 1. The van der Waals surface area contributed by atoms with Crippen molar-refractivity contribution in [1.29, 1.82) is 0 Å². The minimum atomic E-state index is -2.88. The third-order valence-electron chi connectivity index (χ3n) is 8.35. The van der Waals surface area contributed by atoms with Crippen LogP contribution in [0.2, 0.25) is 0 Å². The average molecular weight is 514 g/mol. The van der Waals surface area contributed by atoms with Crippen molar-refractivity contribution in [2.24, 2.45) is 13.0 Å². The van der Waals surface area contributed by atoms with E-state index in [0.717, 1.165) is 81.7 Å². The molecule has 0 spiro atoms. The minimum absolute atomic E-state index is 0.0168. The summed E-state index contributed by atoms with van der Waals surface area (Å²) in [5.41, 5.74) is 1.94. The van der Waals surface area contributed by atoms with E-state index in [1.807, 2.05) is 31.4 Å². The van der Waals surface area contributed by atoms with E-state index >= 15 is 0 Å². The van der Waals surface area contributed by atoms with Crippen LogP contribution in [0, 0.1) is 5.92 Å². The van der Waals surface area contributed by atoms with Gasteiger partial charge >= 0.3 is 0 Å². The lowest BCUT2D eigenvalue weighted by Crippen LogP contribution is -2.39. The van der Waals surface area contributed by atoms with Gasteiger partial charge in [-0.1, -0.05) is 18.1 Å². The van der Waals surface area contributed by atoms with Crippen LogP contribution in [0.4, 0.5) is 8.78 Å². The predicted molar refractivity (Wildman–Crippen MR) is 138 cm³/mol. The van der Waals surface area contributed by atoms with Gasteiger partial charge in [-0.05, 0) is 82.6 Å². The topological polar surface area (TPSA) is 76.2 Å². The molecular formula is C28H37F2N5O2. The van der Waals surface area contributed by atoms with Crippen molar-refractivity contribution in [3.8, 4) is 0 Å². The Morgan fingerprint density at radius 1 is 1.16 bits per heavy atom. The van der Waals surface area contributed by atoms with Crippen LogP contribution in [0.25, 0.3) is 10.9 Å². The molecular weight excluding hydrogens is 476 g/mol. The highest BCUT2D eigenvalue weighted by Gasteiger charge is 2.37. The second-order valence-electron chi connectivity index (χ2n) is 10.8. The largest absolute Gasteiger partial charge is 0.364 e. The summed E-state index contributed by atoms with van der Waals surface area (Å²) in [6, 6.07) is 5.89. The molecule has 200 valence electrons. The molecule has 0 bridgehead atoms. The zero-order valence-corrected chi connectivity index (χ0v) is 21.8. The maximum absolute atomic E-state index is 14.2. The fourth-order valence-corrected chi connectivity index (χ4v) is 6.02. The molecule has 3 heterocycles. The quantitative estimate of drug-likeness (QED) is 0.423. The van der Waals surface area contributed by atoms with Crippen molar-refractivity contribution in [3.05, 3.63) is 47.5 Å². The molecule has 1 aliphatic carbocycles. The number of halogens is 2. The predicted octanol–water partition coefficient (Wildman–Crippen LogP) is 5.62. The maximum atomic E-state index is 14.2. The number of nitrogens with zero attached hydrogens (tertiary/aromatic N) is 4. The molecule has 5 rings (SSSR count). The summed E-state index contributed by atoms with van der Waals surface area (Å²) in [4.78, 5) is 15.4. The van der Waals surface area contributed by atoms with Gasteiger partial charge in [0.15, 0.2) is 0 Å². The van der Waals surface area contributed by atoms with Crippen molar-refractivity contribution < 1.29 is 18.1 Å². The molecule has 1 aromatic carbocycles. The maximum Gasteiger partial charge on any atom is 0.277 e. The zero-order chi connectivity index (χ0) is 26.0. The Morgan fingerprint density at radius 2 is 1.92 bits per heavy atom. The Labute approximate surface area is 216 Å². The van der Waals surface area contributed by atoms with E-state index in [1.54, 1.807) is 4.68 Å². The van der Waals surface area contributed by atoms with Gasteiger partial charge in [0.1, 0.15) is 6.26 Å². The number of piperidine rings is 1. The molecule has 2 fully saturated rings. The summed E-state index contributed by atoms with van der Waals surface area (Å²) in [6.07, 6.45) is 9.84. The monoisotopic (exact) mass is 513 g/mol. The average Bonchev–Trinajstić information content (AvgIpc) is 3.55. The Hall–Kier alpha value is -2.81. The van der Waals surface area contributed by atoms with Crippen molar-refractivity contribution in [2.45, 2.75) is 76.2 Å². The van der Waals surface area contributed by atoms with Crippen LogP contribution in [-0.4, -0.2) is 51.4 Å². The molecule has 9 heteroatoms. The van der Waals surface area contributed by atoms with Gasteiger partial charge in [0.2, 0.25) is 0 Å². The molecule has 7 nitrogen and oxygen atoms in total. The van der Waals surface area contributed by atoms with Gasteiger partial charge < -0.3 is 14.7 Å². The lowest BCUT2D eigenvalue weighted by molar-refractivity contribution is -0.0102. The van der Waals surface area contributed by atoms with E-state index in [2.05, 4.69) is 20.5 Å². The van der Waals surface area contributed by atoms with Crippen LogP contribution in [0.15, 0.2) is 35.2 Å². The molecule has 2 aliphatic rings. The van der Waals surface area contributed by atoms with Crippen LogP contribution in [0.5, 0.6) is 0 Å². The molecule has 3 aromatic rings. The number of benzene rings is 1. The van der Waals surface area contributed by atoms with Crippen LogP contribution in [0.3, 0.4) is 0 Å². The number of aromatic nitrogens is 3. The third kappa shape index (κ3) is 5.71. The standard InChI is InChI=1S/C28H37F2N5O2/c1-3-28(29,30)24-18-37-33-26(24)20-12-15-35(16-13-20)14-11-19-7-9-21(10-8-19)31-27(36)22-5-4-6-25-23(22)17-34(2)32-25/h4-6,17-21H,3,7-16H2,1-2H3,(H,31,36). The summed E-state index contributed by atoms with van der Waals surface area (Å²) >= 11 is 0. The summed E-state index contributed by atoms with van der Waals surface area (Å²) < 4.78 is 35.2. The fraction of sp³-hybridized carbons (Fsp3) is 0.607. The number of carbonyl (C=O) groups excluding carboxylic acids is 1. The molecule has 0 atom stereocenters. The number of carbonyl (C=O) groups is 1. The van der Waals surface area contributed by atoms with Crippen molar-refractivity contribution in [2.75, 3.05) is 19.6 Å². The van der Waals surface area contributed by atoms with Crippen LogP contribution in [0.1, 0.15) is 85.8 Å². The van der Waals surface area contributed by atoms with Gasteiger partial charge in [-0.25, -0.2) is 8.78 Å². The Morgan fingerprint density at radius 3 is 2.65 bits per heavy atom. The lowest BCUT2D eigenvalue weighted by atomic mass is 9.83. The molecule has 0 unspecified atom stereocenters. The highest BCUT2D eigenvalue weighted by Crippen LogP contribution is 2.39. The van der Waals surface area contributed by atoms with E-state index in [0.29, 0.717) is 17.2 Å². The number of hydrogen-bond acceptors (Lipinski definition) is 5. The van der Waals surface area contributed by atoms with E-state index in [1.165, 1.54) is 6.92 Å².